The Morgan fingerprint density at radius 2 is 2.06 bits per heavy atom. The van der Waals surface area contributed by atoms with Crippen LogP contribution in [0.4, 0.5) is 4.39 Å². The molecule has 0 radical (unpaired) electrons. The molecule has 102 valence electrons. The van der Waals surface area contributed by atoms with Gasteiger partial charge < -0.3 is 10.1 Å². The fourth-order valence-corrected chi connectivity index (χ4v) is 2.30. The highest BCUT2D eigenvalue weighted by molar-refractivity contribution is 5.31. The lowest BCUT2D eigenvalue weighted by Crippen LogP contribution is -2.33. The molecule has 0 fully saturated rings. The van der Waals surface area contributed by atoms with E-state index in [-0.39, 0.29) is 5.82 Å². The maximum Gasteiger partial charge on any atom is 0.165 e. The number of hydrogen-bond donors (Lipinski definition) is 1. The van der Waals surface area contributed by atoms with Gasteiger partial charge in [-0.1, -0.05) is 33.3 Å². The maximum absolute atomic E-state index is 13.7. The zero-order valence-corrected chi connectivity index (χ0v) is 11.8. The van der Waals surface area contributed by atoms with Gasteiger partial charge in [0.15, 0.2) is 11.6 Å². The molecule has 0 saturated heterocycles. The molecule has 0 aliphatic heterocycles. The van der Waals surface area contributed by atoms with Crippen molar-refractivity contribution >= 4 is 0 Å². The van der Waals surface area contributed by atoms with E-state index in [9.17, 15) is 4.39 Å². The highest BCUT2D eigenvalue weighted by Crippen LogP contribution is 2.26. The number of halogens is 1. The first kappa shape index (κ1) is 15.0. The van der Waals surface area contributed by atoms with Crippen LogP contribution < -0.4 is 10.1 Å². The van der Waals surface area contributed by atoms with Crippen molar-refractivity contribution < 1.29 is 9.13 Å². The van der Waals surface area contributed by atoms with Crippen molar-refractivity contribution in [3.05, 3.63) is 29.6 Å². The standard InChI is InChI=1S/C15H24FNO/c1-5-7-14(17-6-2)11(3)12-8-9-15(18-4)13(16)10-12/h8-11,14,17H,5-7H2,1-4H3. The summed E-state index contributed by atoms with van der Waals surface area (Å²) >= 11 is 0. The minimum absolute atomic E-state index is 0.284. The molecule has 0 aliphatic rings. The minimum atomic E-state index is -0.284. The topological polar surface area (TPSA) is 21.3 Å². The SMILES string of the molecule is CCCC(NCC)C(C)c1ccc(OC)c(F)c1. The fraction of sp³-hybridized carbons (Fsp3) is 0.600. The van der Waals surface area contributed by atoms with E-state index in [4.69, 9.17) is 4.74 Å². The van der Waals surface area contributed by atoms with Crippen LogP contribution in [0.2, 0.25) is 0 Å². The number of rotatable bonds is 7. The number of benzene rings is 1. The molecule has 0 saturated carbocycles. The summed E-state index contributed by atoms with van der Waals surface area (Å²) in [7, 11) is 1.49. The van der Waals surface area contributed by atoms with E-state index in [1.54, 1.807) is 12.1 Å². The molecule has 0 amide bonds. The van der Waals surface area contributed by atoms with Crippen LogP contribution >= 0.6 is 0 Å². The Morgan fingerprint density at radius 3 is 2.56 bits per heavy atom. The van der Waals surface area contributed by atoms with Gasteiger partial charge in [0.25, 0.3) is 0 Å². The van der Waals surface area contributed by atoms with Crippen molar-refractivity contribution in [1.82, 2.24) is 5.32 Å². The van der Waals surface area contributed by atoms with E-state index in [0.717, 1.165) is 24.9 Å². The molecule has 18 heavy (non-hydrogen) atoms. The van der Waals surface area contributed by atoms with Gasteiger partial charge >= 0.3 is 0 Å². The van der Waals surface area contributed by atoms with Gasteiger partial charge in [0.1, 0.15) is 0 Å². The van der Waals surface area contributed by atoms with Gasteiger partial charge in [0, 0.05) is 6.04 Å². The number of hydrogen-bond acceptors (Lipinski definition) is 2. The van der Waals surface area contributed by atoms with Crippen molar-refractivity contribution in [2.24, 2.45) is 0 Å². The van der Waals surface area contributed by atoms with Crippen molar-refractivity contribution in [2.45, 2.75) is 45.6 Å². The van der Waals surface area contributed by atoms with Crippen LogP contribution in [0, 0.1) is 5.82 Å². The molecule has 0 aromatic heterocycles. The summed E-state index contributed by atoms with van der Waals surface area (Å²) in [6, 6.07) is 5.64. The normalized spacial score (nSPS) is 14.3. The maximum atomic E-state index is 13.7. The van der Waals surface area contributed by atoms with E-state index in [1.165, 1.54) is 7.11 Å². The largest absolute Gasteiger partial charge is 0.494 e. The van der Waals surface area contributed by atoms with Crippen LogP contribution in [-0.2, 0) is 0 Å². The lowest BCUT2D eigenvalue weighted by Gasteiger charge is -2.25. The Morgan fingerprint density at radius 1 is 1.33 bits per heavy atom. The van der Waals surface area contributed by atoms with Gasteiger partial charge in [-0.05, 0) is 36.6 Å². The van der Waals surface area contributed by atoms with Crippen LogP contribution in [0.5, 0.6) is 5.75 Å². The molecule has 2 atom stereocenters. The van der Waals surface area contributed by atoms with Crippen LogP contribution in [-0.4, -0.2) is 19.7 Å². The number of nitrogens with one attached hydrogen (secondary N) is 1. The molecule has 0 bridgehead atoms. The second kappa shape index (κ2) is 7.37. The summed E-state index contributed by atoms with van der Waals surface area (Å²) in [5.74, 6) is 0.320. The Balaban J connectivity index is 2.86. The second-order valence-corrected chi connectivity index (χ2v) is 4.64. The summed E-state index contributed by atoms with van der Waals surface area (Å²) in [4.78, 5) is 0. The van der Waals surface area contributed by atoms with Gasteiger partial charge in [-0.25, -0.2) is 4.39 Å². The monoisotopic (exact) mass is 253 g/mol. The Kier molecular flexibility index (Phi) is 6.13. The Labute approximate surface area is 110 Å². The van der Waals surface area contributed by atoms with Gasteiger partial charge in [-0.2, -0.15) is 0 Å². The van der Waals surface area contributed by atoms with Gasteiger partial charge in [0.2, 0.25) is 0 Å². The molecule has 2 nitrogen and oxygen atoms in total. The first-order chi connectivity index (χ1) is 8.63. The molecule has 1 rings (SSSR count). The first-order valence-electron chi connectivity index (χ1n) is 6.70. The van der Waals surface area contributed by atoms with E-state index in [2.05, 4.69) is 26.1 Å². The average Bonchev–Trinajstić information content (AvgIpc) is 2.37. The predicted molar refractivity (Wildman–Crippen MR) is 73.7 cm³/mol. The summed E-state index contributed by atoms with van der Waals surface area (Å²) in [5.41, 5.74) is 1.02. The summed E-state index contributed by atoms with van der Waals surface area (Å²) < 4.78 is 18.6. The van der Waals surface area contributed by atoms with Crippen LogP contribution in [0.1, 0.15) is 45.1 Å². The first-order valence-corrected chi connectivity index (χ1v) is 6.70. The second-order valence-electron chi connectivity index (χ2n) is 4.64. The number of ether oxygens (including phenoxy) is 1. The number of likely N-dealkylation sites (N-methyl/N-ethyl adjacent to an activating group) is 1. The molecule has 0 aliphatic carbocycles. The third kappa shape index (κ3) is 3.70. The predicted octanol–water partition coefficient (Wildman–Crippen LogP) is 3.72. The van der Waals surface area contributed by atoms with E-state index < -0.39 is 0 Å². The number of methoxy groups -OCH3 is 1. The third-order valence-electron chi connectivity index (χ3n) is 3.37. The summed E-state index contributed by atoms with van der Waals surface area (Å²) in [6.07, 6.45) is 2.23. The molecule has 1 aromatic rings. The van der Waals surface area contributed by atoms with Gasteiger partial charge in [-0.15, -0.1) is 0 Å². The zero-order valence-electron chi connectivity index (χ0n) is 11.8. The molecular weight excluding hydrogens is 229 g/mol. The van der Waals surface area contributed by atoms with E-state index in [0.29, 0.717) is 17.7 Å². The highest BCUT2D eigenvalue weighted by Gasteiger charge is 2.18. The van der Waals surface area contributed by atoms with E-state index >= 15 is 0 Å². The Bertz CT molecular complexity index is 362. The van der Waals surface area contributed by atoms with Crippen LogP contribution in [0.25, 0.3) is 0 Å². The Hall–Kier alpha value is -1.09. The molecule has 3 heteroatoms. The van der Waals surface area contributed by atoms with Gasteiger partial charge in [-0.3, -0.25) is 0 Å². The third-order valence-corrected chi connectivity index (χ3v) is 3.37. The smallest absolute Gasteiger partial charge is 0.165 e. The lowest BCUT2D eigenvalue weighted by atomic mass is 9.90. The molecular formula is C15H24FNO. The molecule has 0 spiro atoms. The molecule has 0 heterocycles. The fourth-order valence-electron chi connectivity index (χ4n) is 2.30. The molecule has 1 aromatic carbocycles. The van der Waals surface area contributed by atoms with Crippen LogP contribution in [0.15, 0.2) is 18.2 Å². The minimum Gasteiger partial charge on any atom is -0.494 e. The molecule has 2 unspecified atom stereocenters. The zero-order chi connectivity index (χ0) is 13.5. The van der Waals surface area contributed by atoms with Gasteiger partial charge in [0.05, 0.1) is 7.11 Å². The van der Waals surface area contributed by atoms with Crippen molar-refractivity contribution in [2.75, 3.05) is 13.7 Å². The quantitative estimate of drug-likeness (QED) is 0.799. The molecule has 1 N–H and O–H groups in total. The van der Waals surface area contributed by atoms with Crippen molar-refractivity contribution in [3.63, 3.8) is 0 Å². The lowest BCUT2D eigenvalue weighted by molar-refractivity contribution is 0.384. The van der Waals surface area contributed by atoms with Crippen molar-refractivity contribution in [1.29, 1.82) is 0 Å². The van der Waals surface area contributed by atoms with E-state index in [1.807, 2.05) is 6.07 Å². The highest BCUT2D eigenvalue weighted by atomic mass is 19.1. The summed E-state index contributed by atoms with van der Waals surface area (Å²) in [5, 5.41) is 3.48. The van der Waals surface area contributed by atoms with Crippen LogP contribution in [0.3, 0.4) is 0 Å². The average molecular weight is 253 g/mol. The van der Waals surface area contributed by atoms with Crippen molar-refractivity contribution in [3.8, 4) is 5.75 Å². The summed E-state index contributed by atoms with van der Waals surface area (Å²) in [6.45, 7) is 7.35.